The predicted molar refractivity (Wildman–Crippen MR) is 234 cm³/mol. The topological polar surface area (TPSA) is 34.8 Å². The van der Waals surface area contributed by atoms with Crippen LogP contribution in [0.15, 0.2) is 206 Å². The van der Waals surface area contributed by atoms with E-state index in [-0.39, 0.29) is 6.04 Å². The van der Waals surface area contributed by atoms with Gasteiger partial charge in [-0.3, -0.25) is 9.13 Å². The van der Waals surface area contributed by atoms with Gasteiger partial charge in [-0.1, -0.05) is 152 Å². The van der Waals surface area contributed by atoms with Gasteiger partial charge in [0.25, 0.3) is 0 Å². The van der Waals surface area contributed by atoms with Gasteiger partial charge < -0.3 is 5.32 Å². The van der Waals surface area contributed by atoms with Gasteiger partial charge in [-0.05, 0) is 82.4 Å². The number of fused-ring (bicyclic) bond motifs is 6. The first-order valence-electron chi connectivity index (χ1n) is 19.2. The fourth-order valence-corrected chi connectivity index (χ4v) is 8.52. The molecule has 0 amide bonds. The van der Waals surface area contributed by atoms with Gasteiger partial charge in [-0.15, -0.1) is 0 Å². The Morgan fingerprint density at radius 3 is 1.68 bits per heavy atom. The van der Waals surface area contributed by atoms with Crippen molar-refractivity contribution < 1.29 is 0 Å². The zero-order valence-electron chi connectivity index (χ0n) is 30.5. The highest BCUT2D eigenvalue weighted by atomic mass is 15.2. The lowest BCUT2D eigenvalue weighted by Crippen LogP contribution is -2.23. The molecule has 7 aromatic carbocycles. The van der Waals surface area contributed by atoms with Crippen LogP contribution in [0.25, 0.3) is 88.8 Å². The summed E-state index contributed by atoms with van der Waals surface area (Å²) in [6.45, 7) is 0. The van der Waals surface area contributed by atoms with E-state index >= 15 is 0 Å². The molecule has 0 saturated carbocycles. The minimum Gasteiger partial charge on any atom is -0.361 e. The largest absolute Gasteiger partial charge is 0.361 e. The van der Waals surface area contributed by atoms with Crippen LogP contribution in [0.4, 0.5) is 0 Å². The number of benzene rings is 7. The smallest absolute Gasteiger partial charge is 0.138 e. The maximum absolute atomic E-state index is 5.34. The van der Waals surface area contributed by atoms with Gasteiger partial charge >= 0.3 is 0 Å². The van der Waals surface area contributed by atoms with Crippen LogP contribution < -0.4 is 5.32 Å². The molecular weight excluding hydrogens is 681 g/mol. The number of nitrogens with zero attached hydrogens (tertiary/aromatic N) is 3. The first kappa shape index (κ1) is 32.0. The lowest BCUT2D eigenvalue weighted by molar-refractivity contribution is 0.736. The zero-order chi connectivity index (χ0) is 37.0. The summed E-state index contributed by atoms with van der Waals surface area (Å²) in [6, 6.07) is 67.2. The molecule has 4 heteroatoms. The van der Waals surface area contributed by atoms with Crippen LogP contribution in [0, 0.1) is 0 Å². The molecular formula is C52H36N4. The van der Waals surface area contributed by atoms with Crippen molar-refractivity contribution in [1.82, 2.24) is 19.4 Å². The molecule has 0 saturated heterocycles. The SMILES string of the molecule is C1=CC(c2cccc(-c3ccccc3)c2)NC(n2c3ccccc3c3cc4c(cc32)c2ccccc2n4-c2cccc(-c3cccc(-c4ccccc4)c3)n2)=C1. The van der Waals surface area contributed by atoms with Crippen molar-refractivity contribution in [2.75, 3.05) is 0 Å². The number of dihydropyridines is 1. The highest BCUT2D eigenvalue weighted by molar-refractivity contribution is 6.19. The predicted octanol–water partition coefficient (Wildman–Crippen LogP) is 13.0. The molecule has 264 valence electrons. The van der Waals surface area contributed by atoms with E-state index in [0.717, 1.165) is 45.0 Å². The molecule has 0 aliphatic carbocycles. The Kier molecular flexibility index (Phi) is 7.52. The van der Waals surface area contributed by atoms with Crippen molar-refractivity contribution in [3.05, 3.63) is 212 Å². The third-order valence-corrected chi connectivity index (χ3v) is 11.1. The summed E-state index contributed by atoms with van der Waals surface area (Å²) < 4.78 is 4.73. The summed E-state index contributed by atoms with van der Waals surface area (Å²) in [5.74, 6) is 1.94. The summed E-state index contributed by atoms with van der Waals surface area (Å²) in [6.07, 6.45) is 6.62. The van der Waals surface area contributed by atoms with Gasteiger partial charge in [-0.2, -0.15) is 0 Å². The Morgan fingerprint density at radius 1 is 0.411 bits per heavy atom. The summed E-state index contributed by atoms with van der Waals surface area (Å²) in [5.41, 5.74) is 12.6. The molecule has 4 nitrogen and oxygen atoms in total. The first-order chi connectivity index (χ1) is 27.8. The van der Waals surface area contributed by atoms with E-state index in [4.69, 9.17) is 4.98 Å². The van der Waals surface area contributed by atoms with Crippen LogP contribution in [0.1, 0.15) is 11.6 Å². The standard InChI is InChI=1S/C52H36N4/c1-3-15-35(16-4-1)37-19-11-21-39(31-37)45-25-13-29-51(53-45)55-47-27-9-7-23-41(47)43-34-50-44(33-49(43)55)42-24-8-10-28-48(42)56(50)52-30-14-26-46(54-52)40-22-12-20-38(32-40)36-17-5-2-6-18-36/h1-34,45,53H. The number of hydrogen-bond acceptors (Lipinski definition) is 2. The van der Waals surface area contributed by atoms with E-state index < -0.39 is 0 Å². The van der Waals surface area contributed by atoms with E-state index in [0.29, 0.717) is 0 Å². The van der Waals surface area contributed by atoms with Crippen molar-refractivity contribution in [1.29, 1.82) is 0 Å². The Balaban J connectivity index is 1.05. The maximum Gasteiger partial charge on any atom is 0.138 e. The molecule has 1 aliphatic heterocycles. The number of pyridine rings is 1. The van der Waals surface area contributed by atoms with E-state index in [9.17, 15) is 0 Å². The summed E-state index contributed by atoms with van der Waals surface area (Å²) >= 11 is 0. The normalized spacial score (nSPS) is 14.1. The minimum atomic E-state index is 0.0206. The van der Waals surface area contributed by atoms with Gasteiger partial charge in [0, 0.05) is 27.1 Å². The summed E-state index contributed by atoms with van der Waals surface area (Å²) in [7, 11) is 0. The molecule has 1 N–H and O–H groups in total. The molecule has 4 heterocycles. The number of nitrogens with one attached hydrogen (secondary N) is 1. The van der Waals surface area contributed by atoms with Crippen molar-refractivity contribution in [3.63, 3.8) is 0 Å². The molecule has 56 heavy (non-hydrogen) atoms. The number of para-hydroxylation sites is 2. The van der Waals surface area contributed by atoms with E-state index in [1.807, 2.05) is 0 Å². The molecule has 0 spiro atoms. The van der Waals surface area contributed by atoms with Crippen molar-refractivity contribution in [2.24, 2.45) is 0 Å². The second kappa shape index (κ2) is 13.2. The Morgan fingerprint density at radius 2 is 0.964 bits per heavy atom. The third-order valence-electron chi connectivity index (χ3n) is 11.1. The second-order valence-electron chi connectivity index (χ2n) is 14.5. The van der Waals surface area contributed by atoms with Crippen LogP contribution in [0.3, 0.4) is 0 Å². The molecule has 1 atom stereocenters. The number of allylic oxidation sites excluding steroid dienone is 2. The molecule has 0 fully saturated rings. The fourth-order valence-electron chi connectivity index (χ4n) is 8.52. The van der Waals surface area contributed by atoms with Gasteiger partial charge in [0.1, 0.15) is 11.6 Å². The third kappa shape index (κ3) is 5.34. The summed E-state index contributed by atoms with van der Waals surface area (Å²) in [5, 5.41) is 8.70. The van der Waals surface area contributed by atoms with Gasteiger partial charge in [0.05, 0.1) is 33.8 Å². The second-order valence-corrected chi connectivity index (χ2v) is 14.5. The van der Waals surface area contributed by atoms with Crippen LogP contribution in [-0.2, 0) is 0 Å². The van der Waals surface area contributed by atoms with Crippen molar-refractivity contribution in [3.8, 4) is 39.3 Å². The van der Waals surface area contributed by atoms with Crippen LogP contribution >= 0.6 is 0 Å². The van der Waals surface area contributed by atoms with E-state index in [1.165, 1.54) is 49.4 Å². The number of hydrogen-bond donors (Lipinski definition) is 1. The van der Waals surface area contributed by atoms with Gasteiger partial charge in [0.2, 0.25) is 0 Å². The van der Waals surface area contributed by atoms with Gasteiger partial charge in [0.15, 0.2) is 0 Å². The Bertz CT molecular complexity index is 3170. The lowest BCUT2D eigenvalue weighted by Gasteiger charge is -2.24. The fraction of sp³-hybridized carbons (Fsp3) is 0.0192. The number of rotatable bonds is 6. The molecule has 3 aromatic heterocycles. The zero-order valence-corrected chi connectivity index (χ0v) is 30.5. The van der Waals surface area contributed by atoms with E-state index in [1.54, 1.807) is 0 Å². The summed E-state index contributed by atoms with van der Waals surface area (Å²) in [4.78, 5) is 5.34. The monoisotopic (exact) mass is 716 g/mol. The highest BCUT2D eigenvalue weighted by Gasteiger charge is 2.22. The average molecular weight is 717 g/mol. The molecule has 1 unspecified atom stereocenters. The number of aromatic nitrogens is 3. The molecule has 1 aliphatic rings. The molecule has 11 rings (SSSR count). The van der Waals surface area contributed by atoms with Crippen LogP contribution in [0.2, 0.25) is 0 Å². The first-order valence-corrected chi connectivity index (χ1v) is 19.2. The molecule has 0 bridgehead atoms. The van der Waals surface area contributed by atoms with Crippen molar-refractivity contribution >= 4 is 49.4 Å². The average Bonchev–Trinajstić information content (AvgIpc) is 3.78. The Hall–Kier alpha value is -7.43. The van der Waals surface area contributed by atoms with Crippen LogP contribution in [0.5, 0.6) is 0 Å². The quantitative estimate of drug-likeness (QED) is 0.186. The molecule has 10 aromatic rings. The maximum atomic E-state index is 5.34. The lowest BCUT2D eigenvalue weighted by atomic mass is 9.98. The molecule has 0 radical (unpaired) electrons. The van der Waals surface area contributed by atoms with Crippen LogP contribution in [-0.4, -0.2) is 14.1 Å². The highest BCUT2D eigenvalue weighted by Crippen LogP contribution is 2.40. The minimum absolute atomic E-state index is 0.0206. The van der Waals surface area contributed by atoms with E-state index in [2.05, 4.69) is 221 Å². The van der Waals surface area contributed by atoms with Gasteiger partial charge in [-0.25, -0.2) is 4.98 Å². The Labute approximate surface area is 324 Å². The van der Waals surface area contributed by atoms with Crippen molar-refractivity contribution in [2.45, 2.75) is 6.04 Å².